The first-order valence-corrected chi connectivity index (χ1v) is 10.6. The largest absolute Gasteiger partial charge is 0.465 e. The SMILES string of the molecule is CC(COC(=O)C1CCC(C)CC1C)COC(=O)C1CCC(C)CC1C. The molecule has 2 rings (SSSR count). The minimum atomic E-state index is -0.0718. The van der Waals surface area contributed by atoms with Crippen LogP contribution in [0.5, 0.6) is 0 Å². The molecule has 6 atom stereocenters. The number of rotatable bonds is 6. The summed E-state index contributed by atoms with van der Waals surface area (Å²) in [6, 6.07) is 0. The van der Waals surface area contributed by atoms with Crippen molar-refractivity contribution in [2.24, 2.45) is 41.4 Å². The standard InChI is InChI=1S/C22H38O4/c1-14-6-8-19(17(4)10-14)21(23)25-12-16(3)13-26-22(24)20-9-7-15(2)11-18(20)5/h14-20H,6-13H2,1-5H3. The summed E-state index contributed by atoms with van der Waals surface area (Å²) in [6.07, 6.45) is 6.28. The molecule has 26 heavy (non-hydrogen) atoms. The maximum atomic E-state index is 12.3. The molecule has 0 aromatic rings. The number of ether oxygens (including phenoxy) is 2. The van der Waals surface area contributed by atoms with Crippen molar-refractivity contribution >= 4 is 11.9 Å². The summed E-state index contributed by atoms with van der Waals surface area (Å²) < 4.78 is 11.1. The van der Waals surface area contributed by atoms with E-state index < -0.39 is 0 Å². The first-order valence-electron chi connectivity index (χ1n) is 10.6. The lowest BCUT2D eigenvalue weighted by Crippen LogP contribution is -2.32. The zero-order chi connectivity index (χ0) is 19.3. The van der Waals surface area contributed by atoms with Crippen molar-refractivity contribution in [2.45, 2.75) is 73.1 Å². The molecule has 6 unspecified atom stereocenters. The minimum Gasteiger partial charge on any atom is -0.465 e. The molecular formula is C22H38O4. The van der Waals surface area contributed by atoms with E-state index in [9.17, 15) is 9.59 Å². The molecule has 150 valence electrons. The molecule has 0 heterocycles. The number of esters is 2. The van der Waals surface area contributed by atoms with Crippen LogP contribution in [0.3, 0.4) is 0 Å². The highest BCUT2D eigenvalue weighted by molar-refractivity contribution is 5.73. The van der Waals surface area contributed by atoms with Crippen LogP contribution in [0, 0.1) is 41.4 Å². The third kappa shape index (κ3) is 5.99. The maximum Gasteiger partial charge on any atom is 0.309 e. The molecule has 2 fully saturated rings. The fraction of sp³-hybridized carbons (Fsp3) is 0.909. The van der Waals surface area contributed by atoms with Crippen LogP contribution in [0.15, 0.2) is 0 Å². The second kappa shape index (κ2) is 9.75. The van der Waals surface area contributed by atoms with Gasteiger partial charge >= 0.3 is 11.9 Å². The molecule has 0 N–H and O–H groups in total. The average molecular weight is 367 g/mol. The lowest BCUT2D eigenvalue weighted by atomic mass is 9.75. The van der Waals surface area contributed by atoms with E-state index in [4.69, 9.17) is 9.47 Å². The lowest BCUT2D eigenvalue weighted by molar-refractivity contribution is -0.157. The molecule has 0 aliphatic heterocycles. The average Bonchev–Trinajstić information content (AvgIpc) is 2.57. The van der Waals surface area contributed by atoms with Gasteiger partial charge in [0.25, 0.3) is 0 Å². The Morgan fingerprint density at radius 1 is 0.769 bits per heavy atom. The molecule has 0 radical (unpaired) electrons. The van der Waals surface area contributed by atoms with Crippen LogP contribution in [0.1, 0.15) is 73.1 Å². The molecule has 0 bridgehead atoms. The maximum absolute atomic E-state index is 12.3. The van der Waals surface area contributed by atoms with Crippen LogP contribution in [-0.4, -0.2) is 25.2 Å². The van der Waals surface area contributed by atoms with E-state index in [0.717, 1.165) is 38.5 Å². The third-order valence-electron chi connectivity index (χ3n) is 6.49. The number of carbonyl (C=O) groups is 2. The molecule has 4 nitrogen and oxygen atoms in total. The van der Waals surface area contributed by atoms with Crippen molar-refractivity contribution in [2.75, 3.05) is 13.2 Å². The Hall–Kier alpha value is -1.06. The molecule has 0 aromatic carbocycles. The van der Waals surface area contributed by atoms with Crippen molar-refractivity contribution < 1.29 is 19.1 Å². The summed E-state index contributed by atoms with van der Waals surface area (Å²) in [5.41, 5.74) is 0. The monoisotopic (exact) mass is 366 g/mol. The molecule has 0 aromatic heterocycles. The Bertz CT molecular complexity index is 433. The summed E-state index contributed by atoms with van der Waals surface area (Å²) >= 11 is 0. The molecule has 0 spiro atoms. The van der Waals surface area contributed by atoms with Crippen molar-refractivity contribution in [1.82, 2.24) is 0 Å². The van der Waals surface area contributed by atoms with E-state index in [-0.39, 0.29) is 29.7 Å². The Balaban J connectivity index is 1.67. The highest BCUT2D eigenvalue weighted by atomic mass is 16.5. The van der Waals surface area contributed by atoms with E-state index in [1.165, 1.54) is 0 Å². The number of hydrogen-bond donors (Lipinski definition) is 0. The van der Waals surface area contributed by atoms with Gasteiger partial charge in [0.15, 0.2) is 0 Å². The Morgan fingerprint density at radius 2 is 1.15 bits per heavy atom. The van der Waals surface area contributed by atoms with Gasteiger partial charge in [-0.05, 0) is 62.2 Å². The predicted molar refractivity (Wildman–Crippen MR) is 102 cm³/mol. The Morgan fingerprint density at radius 3 is 1.50 bits per heavy atom. The molecule has 0 saturated heterocycles. The van der Waals surface area contributed by atoms with Gasteiger partial charge in [-0.3, -0.25) is 9.59 Å². The third-order valence-corrected chi connectivity index (χ3v) is 6.49. The van der Waals surface area contributed by atoms with Crippen molar-refractivity contribution in [3.63, 3.8) is 0 Å². The second-order valence-corrected chi connectivity index (χ2v) is 9.37. The van der Waals surface area contributed by atoms with Gasteiger partial charge in [-0.2, -0.15) is 0 Å². The quantitative estimate of drug-likeness (QED) is 0.630. The van der Waals surface area contributed by atoms with Crippen molar-refractivity contribution in [1.29, 1.82) is 0 Å². The Labute approximate surface area is 159 Å². The fourth-order valence-corrected chi connectivity index (χ4v) is 4.74. The van der Waals surface area contributed by atoms with E-state index >= 15 is 0 Å². The van der Waals surface area contributed by atoms with Crippen LogP contribution in [-0.2, 0) is 19.1 Å². The van der Waals surface area contributed by atoms with Crippen molar-refractivity contribution in [3.05, 3.63) is 0 Å². The first kappa shape index (κ1) is 21.2. The molecule has 2 aliphatic rings. The zero-order valence-electron chi connectivity index (χ0n) is 17.3. The van der Waals surface area contributed by atoms with Crippen LogP contribution in [0.25, 0.3) is 0 Å². The predicted octanol–water partition coefficient (Wildman–Crippen LogP) is 4.85. The van der Waals surface area contributed by atoms with Gasteiger partial charge in [-0.15, -0.1) is 0 Å². The summed E-state index contributed by atoms with van der Waals surface area (Å²) in [6.45, 7) is 11.5. The van der Waals surface area contributed by atoms with Gasteiger partial charge in [-0.25, -0.2) is 0 Å². The van der Waals surface area contributed by atoms with Crippen LogP contribution in [0.4, 0.5) is 0 Å². The zero-order valence-corrected chi connectivity index (χ0v) is 17.3. The minimum absolute atomic E-state index is 0.0334. The molecule has 2 aliphatic carbocycles. The van der Waals surface area contributed by atoms with Gasteiger partial charge < -0.3 is 9.47 Å². The normalized spacial score (nSPS) is 36.2. The molecule has 0 amide bonds. The fourth-order valence-electron chi connectivity index (χ4n) is 4.74. The Kier molecular flexibility index (Phi) is 7.97. The van der Waals surface area contributed by atoms with E-state index in [1.807, 2.05) is 6.92 Å². The molecule has 2 saturated carbocycles. The topological polar surface area (TPSA) is 52.6 Å². The van der Waals surface area contributed by atoms with Gasteiger partial charge in [0.05, 0.1) is 25.0 Å². The molecule has 4 heteroatoms. The van der Waals surface area contributed by atoms with Gasteiger partial charge in [-0.1, -0.05) is 34.6 Å². The summed E-state index contributed by atoms with van der Waals surface area (Å²) in [4.78, 5) is 24.7. The summed E-state index contributed by atoms with van der Waals surface area (Å²) in [5, 5.41) is 0. The van der Waals surface area contributed by atoms with E-state index in [2.05, 4.69) is 27.7 Å². The van der Waals surface area contributed by atoms with Crippen LogP contribution >= 0.6 is 0 Å². The van der Waals surface area contributed by atoms with E-state index in [1.54, 1.807) is 0 Å². The lowest BCUT2D eigenvalue weighted by Gasteiger charge is -2.31. The van der Waals surface area contributed by atoms with E-state index in [0.29, 0.717) is 36.9 Å². The first-order chi connectivity index (χ1) is 12.3. The highest BCUT2D eigenvalue weighted by Gasteiger charge is 2.33. The van der Waals surface area contributed by atoms with Gasteiger partial charge in [0.2, 0.25) is 0 Å². The number of carbonyl (C=O) groups excluding carboxylic acids is 2. The van der Waals surface area contributed by atoms with Crippen LogP contribution < -0.4 is 0 Å². The second-order valence-electron chi connectivity index (χ2n) is 9.37. The van der Waals surface area contributed by atoms with Crippen LogP contribution in [0.2, 0.25) is 0 Å². The highest BCUT2D eigenvalue weighted by Crippen LogP contribution is 2.35. The number of hydrogen-bond acceptors (Lipinski definition) is 4. The van der Waals surface area contributed by atoms with Gasteiger partial charge in [0, 0.05) is 5.92 Å². The van der Waals surface area contributed by atoms with Crippen molar-refractivity contribution in [3.8, 4) is 0 Å². The molecular weight excluding hydrogens is 328 g/mol. The summed E-state index contributed by atoms with van der Waals surface area (Å²) in [7, 11) is 0. The smallest absolute Gasteiger partial charge is 0.309 e. The summed E-state index contributed by atoms with van der Waals surface area (Å²) in [5.74, 6) is 2.17. The van der Waals surface area contributed by atoms with Gasteiger partial charge in [0.1, 0.15) is 0 Å².